The molecule has 56 heavy (non-hydrogen) atoms. The Labute approximate surface area is 327 Å². The van der Waals surface area contributed by atoms with Crippen LogP contribution in [0.4, 0.5) is 11.4 Å². The van der Waals surface area contributed by atoms with Gasteiger partial charge in [-0.3, -0.25) is 28.9 Å². The predicted molar refractivity (Wildman–Crippen MR) is 223 cm³/mol. The van der Waals surface area contributed by atoms with Gasteiger partial charge in [-0.25, -0.2) is 0 Å². The van der Waals surface area contributed by atoms with Gasteiger partial charge in [0.15, 0.2) is 11.6 Å². The summed E-state index contributed by atoms with van der Waals surface area (Å²) in [5, 5.41) is 19.0. The van der Waals surface area contributed by atoms with Crippen molar-refractivity contribution in [2.75, 3.05) is 85.1 Å². The van der Waals surface area contributed by atoms with Crippen molar-refractivity contribution < 1.29 is 9.59 Å². The minimum atomic E-state index is 0.0155. The van der Waals surface area contributed by atoms with Gasteiger partial charge in [0.1, 0.15) is 11.4 Å². The number of anilines is 2. The highest BCUT2D eigenvalue weighted by Crippen LogP contribution is 2.43. The van der Waals surface area contributed by atoms with E-state index in [1.165, 1.54) is 0 Å². The summed E-state index contributed by atoms with van der Waals surface area (Å²) in [7, 11) is 10.4. The maximum Gasteiger partial charge on any atom is 0.196 e. The summed E-state index contributed by atoms with van der Waals surface area (Å²) in [5.74, 6) is 0.0310. The molecule has 0 radical (unpaired) electrons. The molecule has 0 spiro atoms. The number of fused-ring (bicyclic) bond motifs is 4. The molecule has 0 atom stereocenters. The molecule has 290 valence electrons. The van der Waals surface area contributed by atoms with Crippen molar-refractivity contribution in [3.05, 3.63) is 83.4 Å². The second-order valence-corrected chi connectivity index (χ2v) is 15.6. The molecule has 13 heteroatoms. The van der Waals surface area contributed by atoms with Gasteiger partial charge in [0, 0.05) is 95.4 Å². The fourth-order valence-corrected chi connectivity index (χ4v) is 8.19. The van der Waals surface area contributed by atoms with Crippen LogP contribution in [0.1, 0.15) is 57.5 Å². The molecule has 0 amide bonds. The minimum Gasteiger partial charge on any atom is -0.384 e. The molecule has 0 unspecified atom stereocenters. The zero-order valence-corrected chi connectivity index (χ0v) is 33.1. The molecule has 2 aromatic carbocycles. The lowest BCUT2D eigenvalue weighted by Crippen LogP contribution is -2.24. The smallest absolute Gasteiger partial charge is 0.196 e. The Hall–Kier alpha value is -5.50. The van der Waals surface area contributed by atoms with Crippen molar-refractivity contribution in [3.8, 4) is 22.5 Å². The number of ketones is 2. The number of carbonyl (C=O) groups is 2. The van der Waals surface area contributed by atoms with Crippen LogP contribution in [0.2, 0.25) is 0 Å². The molecular weight excluding hydrogens is 703 g/mol. The third-order valence-corrected chi connectivity index (χ3v) is 10.9. The van der Waals surface area contributed by atoms with Crippen LogP contribution < -0.4 is 10.6 Å². The van der Waals surface area contributed by atoms with E-state index in [1.807, 2.05) is 21.5 Å². The Morgan fingerprint density at radius 3 is 1.43 bits per heavy atom. The Morgan fingerprint density at radius 1 is 0.554 bits per heavy atom. The lowest BCUT2D eigenvalue weighted by Gasteiger charge is -2.20. The van der Waals surface area contributed by atoms with E-state index in [0.29, 0.717) is 22.3 Å². The zero-order valence-electron chi connectivity index (χ0n) is 33.1. The molecule has 0 bridgehead atoms. The number of benzene rings is 2. The van der Waals surface area contributed by atoms with Crippen LogP contribution >= 0.6 is 0 Å². The molecule has 8 rings (SSSR count). The van der Waals surface area contributed by atoms with Gasteiger partial charge in [0.05, 0.1) is 22.2 Å². The molecule has 4 heterocycles. The average Bonchev–Trinajstić information content (AvgIpc) is 3.75. The van der Waals surface area contributed by atoms with Crippen molar-refractivity contribution in [3.63, 3.8) is 0 Å². The minimum absolute atomic E-state index is 0.0155. The van der Waals surface area contributed by atoms with Gasteiger partial charge in [-0.15, -0.1) is 0 Å². The molecule has 2 aliphatic rings. The van der Waals surface area contributed by atoms with E-state index in [4.69, 9.17) is 10.2 Å². The summed E-state index contributed by atoms with van der Waals surface area (Å²) in [5.41, 5.74) is 9.64. The maximum atomic E-state index is 13.9. The second-order valence-electron chi connectivity index (χ2n) is 15.6. The van der Waals surface area contributed by atoms with Crippen molar-refractivity contribution in [2.45, 2.75) is 38.8 Å². The van der Waals surface area contributed by atoms with Crippen molar-refractivity contribution in [1.82, 2.24) is 44.2 Å². The summed E-state index contributed by atoms with van der Waals surface area (Å²) >= 11 is 0. The molecule has 2 aliphatic carbocycles. The Bertz CT molecular complexity index is 2260. The summed E-state index contributed by atoms with van der Waals surface area (Å²) < 4.78 is 4.09. The van der Waals surface area contributed by atoms with E-state index in [2.05, 4.69) is 82.7 Å². The van der Waals surface area contributed by atoms with Gasteiger partial charge >= 0.3 is 0 Å². The van der Waals surface area contributed by atoms with E-state index in [-0.39, 0.29) is 11.6 Å². The van der Waals surface area contributed by atoms with Crippen LogP contribution in [-0.2, 0) is 13.1 Å². The molecule has 0 saturated heterocycles. The standard InChI is InChI=1S/C43H51N11O2/c1-50(2)20-8-24-53-34-12-10-32(36-38(34)40(48-53)30-26-44-18-14-28(30)42(36)55)46-16-6-22-52(5)23-7-17-47-33-11-13-35-39-37(33)43(56)29-15-19-45-27-31(29)41(39)49-54(35)25-9-21-51(3)4/h10-15,18-19,26-27,46-47H,6-9,16-17,20-25H2,1-5H3. The number of hydrogen-bond acceptors (Lipinski definition) is 11. The Morgan fingerprint density at radius 2 is 1.00 bits per heavy atom. The highest BCUT2D eigenvalue weighted by molar-refractivity contribution is 6.28. The topological polar surface area (TPSA) is 129 Å². The van der Waals surface area contributed by atoms with Gasteiger partial charge < -0.3 is 25.3 Å². The third kappa shape index (κ3) is 7.06. The van der Waals surface area contributed by atoms with Gasteiger partial charge in [-0.1, -0.05) is 0 Å². The number of pyridine rings is 2. The van der Waals surface area contributed by atoms with Crippen LogP contribution in [0, 0.1) is 0 Å². The van der Waals surface area contributed by atoms with Crippen LogP contribution in [0.25, 0.3) is 44.3 Å². The van der Waals surface area contributed by atoms with Gasteiger partial charge in [-0.2, -0.15) is 10.2 Å². The number of aryl methyl sites for hydroxylation is 2. The van der Waals surface area contributed by atoms with Crippen molar-refractivity contribution >= 4 is 44.7 Å². The van der Waals surface area contributed by atoms with Gasteiger partial charge in [0.25, 0.3) is 0 Å². The van der Waals surface area contributed by atoms with Gasteiger partial charge in [-0.05, 0) is 123 Å². The zero-order chi connectivity index (χ0) is 38.9. The summed E-state index contributed by atoms with van der Waals surface area (Å²) in [6.07, 6.45) is 10.6. The quantitative estimate of drug-likeness (QED) is 0.104. The average molecular weight is 754 g/mol. The number of nitrogens with zero attached hydrogens (tertiary/aromatic N) is 9. The molecule has 13 nitrogen and oxygen atoms in total. The first kappa shape index (κ1) is 37.4. The lowest BCUT2D eigenvalue weighted by atomic mass is 9.87. The number of nitrogens with one attached hydrogen (secondary N) is 2. The van der Waals surface area contributed by atoms with E-state index in [0.717, 1.165) is 134 Å². The third-order valence-electron chi connectivity index (χ3n) is 10.9. The first-order valence-corrected chi connectivity index (χ1v) is 19.7. The summed E-state index contributed by atoms with van der Waals surface area (Å²) in [4.78, 5) is 43.2. The maximum absolute atomic E-state index is 13.9. The van der Waals surface area contributed by atoms with E-state index in [9.17, 15) is 9.59 Å². The Balaban J connectivity index is 0.890. The van der Waals surface area contributed by atoms with Crippen LogP contribution in [-0.4, -0.2) is 130 Å². The first-order chi connectivity index (χ1) is 27.2. The predicted octanol–water partition coefficient (Wildman–Crippen LogP) is 5.74. The lowest BCUT2D eigenvalue weighted by molar-refractivity contribution is 0.103. The van der Waals surface area contributed by atoms with Crippen molar-refractivity contribution in [1.29, 1.82) is 0 Å². The Kier molecular flexibility index (Phi) is 10.6. The summed E-state index contributed by atoms with van der Waals surface area (Å²) in [6.45, 7) is 6.74. The first-order valence-electron chi connectivity index (χ1n) is 19.7. The molecule has 0 fully saturated rings. The monoisotopic (exact) mass is 753 g/mol. The molecule has 4 aromatic heterocycles. The highest BCUT2D eigenvalue weighted by atomic mass is 16.1. The van der Waals surface area contributed by atoms with E-state index in [1.54, 1.807) is 36.9 Å². The van der Waals surface area contributed by atoms with Crippen molar-refractivity contribution in [2.24, 2.45) is 0 Å². The second kappa shape index (κ2) is 15.9. The molecular formula is C43H51N11O2. The number of rotatable bonds is 18. The number of carbonyl (C=O) groups excluding carboxylic acids is 2. The van der Waals surface area contributed by atoms with E-state index >= 15 is 0 Å². The molecule has 0 saturated carbocycles. The molecule has 0 aliphatic heterocycles. The normalized spacial score (nSPS) is 13.1. The van der Waals surface area contributed by atoms with Crippen LogP contribution in [0.15, 0.2) is 61.2 Å². The fourth-order valence-electron chi connectivity index (χ4n) is 8.19. The number of hydrogen-bond donors (Lipinski definition) is 2. The molecule has 6 aromatic rings. The number of aromatic nitrogens is 6. The van der Waals surface area contributed by atoms with Gasteiger partial charge in [0.2, 0.25) is 0 Å². The summed E-state index contributed by atoms with van der Waals surface area (Å²) in [6, 6.07) is 11.9. The van der Waals surface area contributed by atoms with E-state index < -0.39 is 0 Å². The largest absolute Gasteiger partial charge is 0.384 e. The SMILES string of the molecule is CN(C)CCCn1nc2c3c(c(NCCCN(C)CCCNc4ccc5c6c(nn5CCCN(C)C)-c5cnccc5C(=O)c46)ccc31)C(=O)c1ccncc1-2. The van der Waals surface area contributed by atoms with Crippen LogP contribution in [0.3, 0.4) is 0 Å². The fraction of sp³-hybridized carbons (Fsp3) is 0.395. The molecule has 2 N–H and O–H groups in total. The highest BCUT2D eigenvalue weighted by Gasteiger charge is 2.33. The van der Waals surface area contributed by atoms with Crippen LogP contribution in [0.5, 0.6) is 0 Å².